The number of hydrogen-bond acceptors (Lipinski definition) is 4. The lowest BCUT2D eigenvalue weighted by molar-refractivity contribution is 0.404. The van der Waals surface area contributed by atoms with E-state index in [2.05, 4.69) is 53.9 Å². The molecule has 2 rings (SSSR count). The Morgan fingerprint density at radius 2 is 2.10 bits per heavy atom. The lowest BCUT2D eigenvalue weighted by Gasteiger charge is -2.30. The van der Waals surface area contributed by atoms with Crippen molar-refractivity contribution < 1.29 is 0 Å². The first kappa shape index (κ1) is 15.2. The van der Waals surface area contributed by atoms with Crippen LogP contribution in [-0.2, 0) is 6.42 Å². The fourth-order valence-electron chi connectivity index (χ4n) is 2.71. The normalized spacial score (nSPS) is 19.6. The second kappa shape index (κ2) is 6.08. The maximum Gasteiger partial charge on any atom is 0.132 e. The van der Waals surface area contributed by atoms with E-state index in [4.69, 9.17) is 0 Å². The third kappa shape index (κ3) is 3.92. The molecule has 112 valence electrons. The summed E-state index contributed by atoms with van der Waals surface area (Å²) in [6.45, 7) is 12.9. The van der Waals surface area contributed by atoms with Gasteiger partial charge in [-0.3, -0.25) is 0 Å². The SMILES string of the molecule is CCc1cc(N2CCCC2CNC(C)(C)C)nc(C)n1. The second-order valence-electron chi connectivity index (χ2n) is 6.74. The number of anilines is 1. The zero-order chi connectivity index (χ0) is 14.8. The van der Waals surface area contributed by atoms with Crippen LogP contribution in [0.4, 0.5) is 5.82 Å². The van der Waals surface area contributed by atoms with E-state index in [1.54, 1.807) is 0 Å². The van der Waals surface area contributed by atoms with Gasteiger partial charge in [0.25, 0.3) is 0 Å². The molecular weight excluding hydrogens is 248 g/mol. The van der Waals surface area contributed by atoms with Crippen molar-refractivity contribution in [3.05, 3.63) is 17.6 Å². The zero-order valence-corrected chi connectivity index (χ0v) is 13.5. The molecule has 0 saturated carbocycles. The molecule has 4 heteroatoms. The van der Waals surface area contributed by atoms with Crippen LogP contribution in [-0.4, -0.2) is 34.6 Å². The van der Waals surface area contributed by atoms with Crippen LogP contribution in [0.3, 0.4) is 0 Å². The molecule has 2 heterocycles. The predicted molar refractivity (Wildman–Crippen MR) is 84.3 cm³/mol. The summed E-state index contributed by atoms with van der Waals surface area (Å²) in [6, 6.07) is 2.70. The lowest BCUT2D eigenvalue weighted by Crippen LogP contribution is -2.45. The highest BCUT2D eigenvalue weighted by molar-refractivity contribution is 5.42. The third-order valence-electron chi connectivity index (χ3n) is 3.78. The molecule has 0 bridgehead atoms. The largest absolute Gasteiger partial charge is 0.352 e. The molecule has 0 radical (unpaired) electrons. The van der Waals surface area contributed by atoms with Crippen molar-refractivity contribution in [1.29, 1.82) is 0 Å². The molecule has 20 heavy (non-hydrogen) atoms. The molecule has 1 unspecified atom stereocenters. The van der Waals surface area contributed by atoms with Gasteiger partial charge in [0, 0.05) is 36.4 Å². The molecule has 1 aromatic heterocycles. The average Bonchev–Trinajstić information content (AvgIpc) is 2.83. The van der Waals surface area contributed by atoms with Crippen molar-refractivity contribution in [1.82, 2.24) is 15.3 Å². The van der Waals surface area contributed by atoms with Crippen molar-refractivity contribution >= 4 is 5.82 Å². The Morgan fingerprint density at radius 1 is 1.35 bits per heavy atom. The van der Waals surface area contributed by atoms with Crippen molar-refractivity contribution in [2.75, 3.05) is 18.0 Å². The number of aryl methyl sites for hydroxylation is 2. The van der Waals surface area contributed by atoms with E-state index < -0.39 is 0 Å². The van der Waals surface area contributed by atoms with E-state index >= 15 is 0 Å². The minimum atomic E-state index is 0.171. The van der Waals surface area contributed by atoms with Crippen LogP contribution in [0.5, 0.6) is 0 Å². The predicted octanol–water partition coefficient (Wildman–Crippen LogP) is 2.70. The molecule has 1 saturated heterocycles. The first-order valence-electron chi connectivity index (χ1n) is 7.75. The van der Waals surface area contributed by atoms with Crippen LogP contribution in [0.1, 0.15) is 52.1 Å². The highest BCUT2D eigenvalue weighted by Crippen LogP contribution is 2.24. The quantitative estimate of drug-likeness (QED) is 0.918. The highest BCUT2D eigenvalue weighted by Gasteiger charge is 2.27. The van der Waals surface area contributed by atoms with Crippen LogP contribution in [0.2, 0.25) is 0 Å². The summed E-state index contributed by atoms with van der Waals surface area (Å²) in [5, 5.41) is 3.62. The van der Waals surface area contributed by atoms with Crippen LogP contribution in [0, 0.1) is 6.92 Å². The molecule has 1 aromatic rings. The number of aromatic nitrogens is 2. The summed E-state index contributed by atoms with van der Waals surface area (Å²) in [4.78, 5) is 11.6. The first-order chi connectivity index (χ1) is 9.39. The lowest BCUT2D eigenvalue weighted by atomic mass is 10.1. The molecular formula is C16H28N4. The van der Waals surface area contributed by atoms with Gasteiger partial charge in [0.05, 0.1) is 0 Å². The van der Waals surface area contributed by atoms with Gasteiger partial charge in [-0.05, 0) is 47.0 Å². The molecule has 1 N–H and O–H groups in total. The first-order valence-corrected chi connectivity index (χ1v) is 7.75. The Morgan fingerprint density at radius 3 is 2.75 bits per heavy atom. The van der Waals surface area contributed by atoms with Gasteiger partial charge in [0.2, 0.25) is 0 Å². The summed E-state index contributed by atoms with van der Waals surface area (Å²) in [5.41, 5.74) is 1.31. The third-order valence-corrected chi connectivity index (χ3v) is 3.78. The summed E-state index contributed by atoms with van der Waals surface area (Å²) < 4.78 is 0. The number of rotatable bonds is 4. The molecule has 1 fully saturated rings. The second-order valence-corrected chi connectivity index (χ2v) is 6.74. The standard InChI is InChI=1S/C16H28N4/c1-6-13-10-15(19-12(2)18-13)20-9-7-8-14(20)11-17-16(3,4)5/h10,14,17H,6-9,11H2,1-5H3. The van der Waals surface area contributed by atoms with E-state index in [9.17, 15) is 0 Å². The van der Waals surface area contributed by atoms with E-state index in [0.29, 0.717) is 6.04 Å². The molecule has 0 amide bonds. The van der Waals surface area contributed by atoms with Gasteiger partial charge in [0.15, 0.2) is 0 Å². The Kier molecular flexibility index (Phi) is 4.63. The number of nitrogens with zero attached hydrogens (tertiary/aromatic N) is 3. The Bertz CT molecular complexity index is 450. The molecule has 1 aliphatic rings. The summed E-state index contributed by atoms with van der Waals surface area (Å²) in [6.07, 6.45) is 3.46. The van der Waals surface area contributed by atoms with E-state index in [1.807, 2.05) is 6.92 Å². The number of hydrogen-bond donors (Lipinski definition) is 1. The van der Waals surface area contributed by atoms with Crippen molar-refractivity contribution in [2.45, 2.75) is 65.5 Å². The molecule has 4 nitrogen and oxygen atoms in total. The average molecular weight is 276 g/mol. The molecule has 0 aromatic carbocycles. The van der Waals surface area contributed by atoms with Crippen LogP contribution >= 0.6 is 0 Å². The van der Waals surface area contributed by atoms with Gasteiger partial charge in [-0.15, -0.1) is 0 Å². The van der Waals surface area contributed by atoms with Gasteiger partial charge >= 0.3 is 0 Å². The fraction of sp³-hybridized carbons (Fsp3) is 0.750. The Labute approximate surface area is 123 Å². The summed E-state index contributed by atoms with van der Waals surface area (Å²) >= 11 is 0. The summed E-state index contributed by atoms with van der Waals surface area (Å²) in [5.74, 6) is 1.99. The van der Waals surface area contributed by atoms with Gasteiger partial charge in [-0.1, -0.05) is 6.92 Å². The van der Waals surface area contributed by atoms with Crippen LogP contribution < -0.4 is 10.2 Å². The van der Waals surface area contributed by atoms with Gasteiger partial charge < -0.3 is 10.2 Å². The Hall–Kier alpha value is -1.16. The highest BCUT2D eigenvalue weighted by atomic mass is 15.3. The van der Waals surface area contributed by atoms with Gasteiger partial charge in [0.1, 0.15) is 11.6 Å². The number of nitrogens with one attached hydrogen (secondary N) is 1. The maximum atomic E-state index is 4.65. The molecule has 0 aliphatic carbocycles. The van der Waals surface area contributed by atoms with E-state index in [-0.39, 0.29) is 5.54 Å². The van der Waals surface area contributed by atoms with Crippen molar-refractivity contribution in [2.24, 2.45) is 0 Å². The van der Waals surface area contributed by atoms with Gasteiger partial charge in [-0.2, -0.15) is 0 Å². The Balaban J connectivity index is 2.12. The van der Waals surface area contributed by atoms with Gasteiger partial charge in [-0.25, -0.2) is 9.97 Å². The fourth-order valence-corrected chi connectivity index (χ4v) is 2.71. The minimum Gasteiger partial charge on any atom is -0.352 e. The van der Waals surface area contributed by atoms with Crippen molar-refractivity contribution in [3.63, 3.8) is 0 Å². The topological polar surface area (TPSA) is 41.0 Å². The minimum absolute atomic E-state index is 0.171. The van der Waals surface area contributed by atoms with Crippen LogP contribution in [0.25, 0.3) is 0 Å². The monoisotopic (exact) mass is 276 g/mol. The van der Waals surface area contributed by atoms with Crippen LogP contribution in [0.15, 0.2) is 6.07 Å². The van der Waals surface area contributed by atoms with E-state index in [0.717, 1.165) is 36.8 Å². The maximum absolute atomic E-state index is 4.65. The van der Waals surface area contributed by atoms with E-state index in [1.165, 1.54) is 12.8 Å². The molecule has 1 atom stereocenters. The zero-order valence-electron chi connectivity index (χ0n) is 13.5. The molecule has 1 aliphatic heterocycles. The molecule has 0 spiro atoms. The summed E-state index contributed by atoms with van der Waals surface area (Å²) in [7, 11) is 0. The smallest absolute Gasteiger partial charge is 0.132 e. The van der Waals surface area contributed by atoms with Crippen molar-refractivity contribution in [3.8, 4) is 0 Å².